The van der Waals surface area contributed by atoms with Crippen LogP contribution in [0.25, 0.3) is 0 Å². The Morgan fingerprint density at radius 1 is 1.15 bits per heavy atom. The smallest absolute Gasteiger partial charge is 0.271 e. The van der Waals surface area contributed by atoms with E-state index in [2.05, 4.69) is 36.6 Å². The number of benzene rings is 1. The van der Waals surface area contributed by atoms with Gasteiger partial charge in [0.1, 0.15) is 4.21 Å². The van der Waals surface area contributed by atoms with Crippen molar-refractivity contribution in [2.75, 3.05) is 4.72 Å². The van der Waals surface area contributed by atoms with E-state index < -0.39 is 10.0 Å². The second-order valence-corrected chi connectivity index (χ2v) is 9.75. The van der Waals surface area contributed by atoms with E-state index in [1.54, 1.807) is 18.2 Å². The van der Waals surface area contributed by atoms with Crippen molar-refractivity contribution >= 4 is 70.5 Å². The molecular formula is C12H10Br2ClNO2S2. The van der Waals surface area contributed by atoms with Crippen molar-refractivity contribution in [1.82, 2.24) is 0 Å². The van der Waals surface area contributed by atoms with Crippen molar-refractivity contribution in [2.45, 2.75) is 18.1 Å². The van der Waals surface area contributed by atoms with Gasteiger partial charge >= 0.3 is 0 Å². The van der Waals surface area contributed by atoms with Gasteiger partial charge in [-0.3, -0.25) is 4.72 Å². The molecule has 0 aliphatic carbocycles. The minimum Gasteiger partial charge on any atom is -0.278 e. The molecule has 108 valence electrons. The Labute approximate surface area is 143 Å². The molecule has 0 unspecified atom stereocenters. The van der Waals surface area contributed by atoms with Gasteiger partial charge in [0.25, 0.3) is 10.0 Å². The Balaban J connectivity index is 2.40. The minimum atomic E-state index is -3.62. The first-order valence-corrected chi connectivity index (χ1v) is 9.71. The third kappa shape index (κ3) is 3.39. The maximum atomic E-state index is 12.3. The highest BCUT2D eigenvalue weighted by atomic mass is 79.9. The molecule has 2 aromatic rings. The Hall–Kier alpha value is -0.0800. The summed E-state index contributed by atoms with van der Waals surface area (Å²) >= 11 is 13.9. The summed E-state index contributed by atoms with van der Waals surface area (Å²) in [5.74, 6) is 0. The van der Waals surface area contributed by atoms with Gasteiger partial charge in [0.05, 0.1) is 9.47 Å². The van der Waals surface area contributed by atoms with Crippen LogP contribution >= 0.6 is 54.8 Å². The Morgan fingerprint density at radius 2 is 1.80 bits per heavy atom. The maximum absolute atomic E-state index is 12.3. The van der Waals surface area contributed by atoms with E-state index in [1.165, 1.54) is 11.3 Å². The number of aryl methyl sites for hydroxylation is 2. The van der Waals surface area contributed by atoms with Crippen LogP contribution in [-0.2, 0) is 10.0 Å². The summed E-state index contributed by atoms with van der Waals surface area (Å²) in [5, 5.41) is 0.509. The molecule has 1 N–H and O–H groups in total. The molecule has 0 bridgehead atoms. The molecule has 1 heterocycles. The van der Waals surface area contributed by atoms with Crippen molar-refractivity contribution in [1.29, 1.82) is 0 Å². The molecule has 0 saturated heterocycles. The molecule has 0 fully saturated rings. The lowest BCUT2D eigenvalue weighted by molar-refractivity contribution is 0.603. The van der Waals surface area contributed by atoms with Crippen molar-refractivity contribution in [3.8, 4) is 0 Å². The van der Waals surface area contributed by atoms with Gasteiger partial charge in [0, 0.05) is 9.50 Å². The van der Waals surface area contributed by atoms with Crippen molar-refractivity contribution in [3.05, 3.63) is 42.6 Å². The molecule has 20 heavy (non-hydrogen) atoms. The van der Waals surface area contributed by atoms with Crippen LogP contribution < -0.4 is 4.72 Å². The molecule has 0 atom stereocenters. The fourth-order valence-electron chi connectivity index (χ4n) is 1.48. The van der Waals surface area contributed by atoms with E-state index in [9.17, 15) is 8.42 Å². The molecule has 1 aromatic carbocycles. The van der Waals surface area contributed by atoms with Gasteiger partial charge in [-0.1, -0.05) is 11.6 Å². The monoisotopic (exact) mass is 457 g/mol. The molecule has 0 aliphatic rings. The van der Waals surface area contributed by atoms with Gasteiger partial charge in [-0.05, 0) is 75.0 Å². The number of sulfonamides is 1. The summed E-state index contributed by atoms with van der Waals surface area (Å²) in [7, 11) is -3.62. The van der Waals surface area contributed by atoms with E-state index in [0.717, 1.165) is 14.9 Å². The summed E-state index contributed by atoms with van der Waals surface area (Å²) in [6, 6.07) is 4.99. The van der Waals surface area contributed by atoms with E-state index in [4.69, 9.17) is 11.6 Å². The van der Waals surface area contributed by atoms with Gasteiger partial charge in [-0.25, -0.2) is 8.42 Å². The Bertz CT molecular complexity index is 753. The average molecular weight is 460 g/mol. The predicted octanol–water partition coefficient (Wildman–Crippen LogP) is 5.34. The molecule has 2 rings (SSSR count). The number of anilines is 1. The molecule has 8 heteroatoms. The average Bonchev–Trinajstić information content (AvgIpc) is 2.67. The highest BCUT2D eigenvalue weighted by molar-refractivity contribution is 9.11. The lowest BCUT2D eigenvalue weighted by atomic mass is 10.2. The van der Waals surface area contributed by atoms with E-state index in [1.807, 2.05) is 13.8 Å². The van der Waals surface area contributed by atoms with Crippen LogP contribution in [0.3, 0.4) is 0 Å². The Kier molecular flexibility index (Phi) is 4.86. The SMILES string of the molecule is Cc1cc(Br)c(NS(=O)(=O)c2cc(C)c(Br)s2)cc1Cl. The van der Waals surface area contributed by atoms with Crippen LogP contribution in [0.1, 0.15) is 11.1 Å². The van der Waals surface area contributed by atoms with Gasteiger partial charge in [-0.2, -0.15) is 0 Å². The maximum Gasteiger partial charge on any atom is 0.271 e. The van der Waals surface area contributed by atoms with E-state index >= 15 is 0 Å². The van der Waals surface area contributed by atoms with Crippen LogP contribution in [0.5, 0.6) is 0 Å². The van der Waals surface area contributed by atoms with E-state index in [-0.39, 0.29) is 4.21 Å². The molecule has 1 aromatic heterocycles. The highest BCUT2D eigenvalue weighted by Gasteiger charge is 2.20. The number of rotatable bonds is 3. The lowest BCUT2D eigenvalue weighted by Crippen LogP contribution is -2.12. The first-order chi connectivity index (χ1) is 9.20. The molecule has 0 saturated carbocycles. The second-order valence-electron chi connectivity index (χ2n) is 4.21. The summed E-state index contributed by atoms with van der Waals surface area (Å²) in [5.41, 5.74) is 2.18. The predicted molar refractivity (Wildman–Crippen MR) is 91.5 cm³/mol. The van der Waals surface area contributed by atoms with Gasteiger partial charge in [-0.15, -0.1) is 11.3 Å². The molecular weight excluding hydrogens is 450 g/mol. The van der Waals surface area contributed by atoms with Crippen molar-refractivity contribution in [3.63, 3.8) is 0 Å². The topological polar surface area (TPSA) is 46.2 Å². The third-order valence-corrected chi connectivity index (χ3v) is 7.63. The van der Waals surface area contributed by atoms with Crippen LogP contribution in [0.15, 0.2) is 30.7 Å². The minimum absolute atomic E-state index is 0.255. The lowest BCUT2D eigenvalue weighted by Gasteiger charge is -2.10. The highest BCUT2D eigenvalue weighted by Crippen LogP contribution is 2.34. The van der Waals surface area contributed by atoms with E-state index in [0.29, 0.717) is 15.2 Å². The van der Waals surface area contributed by atoms with Crippen molar-refractivity contribution in [2.24, 2.45) is 0 Å². The zero-order chi connectivity index (χ0) is 15.1. The molecule has 0 spiro atoms. The molecule has 0 aliphatic heterocycles. The molecule has 0 radical (unpaired) electrons. The van der Waals surface area contributed by atoms with Crippen LogP contribution in [-0.4, -0.2) is 8.42 Å². The van der Waals surface area contributed by atoms with Gasteiger partial charge in [0.15, 0.2) is 0 Å². The number of nitrogens with one attached hydrogen (secondary N) is 1. The number of hydrogen-bond acceptors (Lipinski definition) is 3. The second kappa shape index (κ2) is 5.96. The molecule has 0 amide bonds. The molecule has 3 nitrogen and oxygen atoms in total. The van der Waals surface area contributed by atoms with Crippen LogP contribution in [0.4, 0.5) is 5.69 Å². The third-order valence-electron chi connectivity index (χ3n) is 2.59. The fraction of sp³-hybridized carbons (Fsp3) is 0.167. The normalized spacial score (nSPS) is 11.7. The summed E-state index contributed by atoms with van der Waals surface area (Å²) < 4.78 is 28.9. The van der Waals surface area contributed by atoms with Gasteiger partial charge < -0.3 is 0 Å². The van der Waals surface area contributed by atoms with Crippen molar-refractivity contribution < 1.29 is 8.42 Å². The quantitative estimate of drug-likeness (QED) is 0.673. The summed E-state index contributed by atoms with van der Waals surface area (Å²) in [6.45, 7) is 3.70. The standard InChI is InChI=1S/C12H10Br2ClNO2S2/c1-6-3-8(13)10(5-9(6)15)16-20(17,18)11-4-7(2)12(14)19-11/h3-5,16H,1-2H3. The number of hydrogen-bond donors (Lipinski definition) is 1. The largest absolute Gasteiger partial charge is 0.278 e. The zero-order valence-corrected chi connectivity index (χ0v) is 16.1. The number of halogens is 3. The first kappa shape index (κ1) is 16.3. The van der Waals surface area contributed by atoms with Gasteiger partial charge in [0.2, 0.25) is 0 Å². The fourth-order valence-corrected chi connectivity index (χ4v) is 5.63. The Morgan fingerprint density at radius 3 is 2.35 bits per heavy atom. The summed E-state index contributed by atoms with van der Waals surface area (Å²) in [4.78, 5) is 0. The first-order valence-electron chi connectivity index (χ1n) is 5.45. The van der Waals surface area contributed by atoms with Crippen LogP contribution in [0.2, 0.25) is 5.02 Å². The van der Waals surface area contributed by atoms with Crippen LogP contribution in [0, 0.1) is 13.8 Å². The summed E-state index contributed by atoms with van der Waals surface area (Å²) in [6.07, 6.45) is 0. The zero-order valence-electron chi connectivity index (χ0n) is 10.5. The number of thiophene rings is 1.